The zero-order valence-electron chi connectivity index (χ0n) is 8.71. The molecule has 96 valence electrons. The standard InChI is InChI=1S/C9H11Cl2FN2O2S/c10-7-4-6(5-8(11)9(7)12)14-17(15,16)3-1-2-13/h4-5,14H,1-3,13H2. The molecule has 0 atom stereocenters. The van der Waals surface area contributed by atoms with E-state index in [-0.39, 0.29) is 28.0 Å². The molecular weight excluding hydrogens is 290 g/mol. The van der Waals surface area contributed by atoms with Crippen LogP contribution in [0.4, 0.5) is 10.1 Å². The molecule has 0 spiro atoms. The topological polar surface area (TPSA) is 72.2 Å². The van der Waals surface area contributed by atoms with Crippen molar-refractivity contribution in [2.24, 2.45) is 5.73 Å². The zero-order valence-corrected chi connectivity index (χ0v) is 11.0. The summed E-state index contributed by atoms with van der Waals surface area (Å²) in [5.74, 6) is -0.894. The highest BCUT2D eigenvalue weighted by atomic mass is 35.5. The highest BCUT2D eigenvalue weighted by Crippen LogP contribution is 2.27. The molecule has 1 aromatic carbocycles. The second kappa shape index (κ2) is 5.86. The van der Waals surface area contributed by atoms with E-state index in [1.807, 2.05) is 0 Å². The Balaban J connectivity index is 2.89. The van der Waals surface area contributed by atoms with Gasteiger partial charge in [-0.05, 0) is 25.1 Å². The molecule has 0 heterocycles. The third-order valence-electron chi connectivity index (χ3n) is 1.87. The van der Waals surface area contributed by atoms with Crippen LogP contribution in [0.2, 0.25) is 10.0 Å². The number of halogens is 3. The molecule has 3 N–H and O–H groups in total. The van der Waals surface area contributed by atoms with Crippen LogP contribution in [-0.2, 0) is 10.0 Å². The van der Waals surface area contributed by atoms with E-state index in [0.29, 0.717) is 6.42 Å². The molecule has 0 unspecified atom stereocenters. The average Bonchev–Trinajstić information content (AvgIpc) is 2.22. The Kier molecular flexibility index (Phi) is 5.00. The van der Waals surface area contributed by atoms with Crippen LogP contribution in [0.25, 0.3) is 0 Å². The SMILES string of the molecule is NCCCS(=O)(=O)Nc1cc(Cl)c(F)c(Cl)c1. The van der Waals surface area contributed by atoms with Crippen LogP contribution in [0.5, 0.6) is 0 Å². The fourth-order valence-corrected chi connectivity index (χ4v) is 2.73. The molecule has 17 heavy (non-hydrogen) atoms. The number of sulfonamides is 1. The number of benzene rings is 1. The first kappa shape index (κ1) is 14.5. The smallest absolute Gasteiger partial charge is 0.232 e. The fourth-order valence-electron chi connectivity index (χ4n) is 1.12. The van der Waals surface area contributed by atoms with Crippen LogP contribution in [0.3, 0.4) is 0 Å². The minimum absolute atomic E-state index is 0.115. The summed E-state index contributed by atoms with van der Waals surface area (Å²) in [5.41, 5.74) is 5.34. The maximum Gasteiger partial charge on any atom is 0.232 e. The molecule has 1 aromatic rings. The van der Waals surface area contributed by atoms with Gasteiger partial charge in [0.25, 0.3) is 0 Å². The molecule has 0 aliphatic rings. The number of rotatable bonds is 5. The van der Waals surface area contributed by atoms with Gasteiger partial charge in [0, 0.05) is 0 Å². The van der Waals surface area contributed by atoms with Gasteiger partial charge in [-0.1, -0.05) is 23.2 Å². The molecule has 0 aromatic heterocycles. The number of nitrogens with one attached hydrogen (secondary N) is 1. The van der Waals surface area contributed by atoms with Gasteiger partial charge >= 0.3 is 0 Å². The van der Waals surface area contributed by atoms with Gasteiger partial charge in [0.2, 0.25) is 10.0 Å². The Labute approximate surface area is 109 Å². The molecular formula is C9H11Cl2FN2O2S. The lowest BCUT2D eigenvalue weighted by Gasteiger charge is -2.08. The summed E-state index contributed by atoms with van der Waals surface area (Å²) in [5, 5.41) is -0.483. The van der Waals surface area contributed by atoms with Gasteiger partial charge in [-0.2, -0.15) is 0 Å². The van der Waals surface area contributed by atoms with Crippen molar-refractivity contribution in [3.63, 3.8) is 0 Å². The van der Waals surface area contributed by atoms with Crippen LogP contribution < -0.4 is 10.5 Å². The number of anilines is 1. The number of hydrogen-bond donors (Lipinski definition) is 2. The van der Waals surface area contributed by atoms with E-state index in [1.165, 1.54) is 0 Å². The molecule has 0 radical (unpaired) electrons. The van der Waals surface area contributed by atoms with Gasteiger partial charge in [-0.25, -0.2) is 12.8 Å². The maximum absolute atomic E-state index is 13.1. The van der Waals surface area contributed by atoms with Gasteiger partial charge < -0.3 is 5.73 Å². The summed E-state index contributed by atoms with van der Waals surface area (Å²) < 4.78 is 38.4. The van der Waals surface area contributed by atoms with E-state index in [4.69, 9.17) is 28.9 Å². The van der Waals surface area contributed by atoms with Crippen LogP contribution in [-0.4, -0.2) is 20.7 Å². The first-order chi connectivity index (χ1) is 7.85. The number of nitrogens with two attached hydrogens (primary N) is 1. The summed E-state index contributed by atoms with van der Waals surface area (Å²) >= 11 is 11.1. The zero-order chi connectivity index (χ0) is 13.1. The van der Waals surface area contributed by atoms with E-state index in [9.17, 15) is 12.8 Å². The molecule has 1 rings (SSSR count). The summed E-state index contributed by atoms with van der Waals surface area (Å²) in [6.07, 6.45) is 0.331. The number of hydrogen-bond acceptors (Lipinski definition) is 3. The molecule has 0 saturated carbocycles. The van der Waals surface area contributed by atoms with Crippen LogP contribution in [0.15, 0.2) is 12.1 Å². The van der Waals surface area contributed by atoms with Crippen molar-refractivity contribution in [2.75, 3.05) is 17.0 Å². The molecule has 0 saturated heterocycles. The lowest BCUT2D eigenvalue weighted by molar-refractivity contribution is 0.598. The molecule has 0 bridgehead atoms. The Morgan fingerprint density at radius 2 is 1.82 bits per heavy atom. The van der Waals surface area contributed by atoms with Crippen LogP contribution in [0, 0.1) is 5.82 Å². The monoisotopic (exact) mass is 300 g/mol. The van der Waals surface area contributed by atoms with E-state index in [1.54, 1.807) is 0 Å². The minimum Gasteiger partial charge on any atom is -0.330 e. The Morgan fingerprint density at radius 1 is 1.29 bits per heavy atom. The Hall–Kier alpha value is -0.560. The average molecular weight is 301 g/mol. The predicted molar refractivity (Wildman–Crippen MR) is 67.5 cm³/mol. The largest absolute Gasteiger partial charge is 0.330 e. The highest BCUT2D eigenvalue weighted by molar-refractivity contribution is 7.92. The highest BCUT2D eigenvalue weighted by Gasteiger charge is 2.13. The second-order valence-electron chi connectivity index (χ2n) is 3.32. The minimum atomic E-state index is -3.51. The van der Waals surface area contributed by atoms with Crippen LogP contribution >= 0.6 is 23.2 Å². The summed E-state index contributed by atoms with van der Waals surface area (Å²) in [6, 6.07) is 2.31. The summed E-state index contributed by atoms with van der Waals surface area (Å²) in [4.78, 5) is 0. The molecule has 0 aliphatic carbocycles. The van der Waals surface area contributed by atoms with Gasteiger partial charge in [0.15, 0.2) is 5.82 Å². The third kappa shape index (κ3) is 4.31. The van der Waals surface area contributed by atoms with Crippen molar-refractivity contribution < 1.29 is 12.8 Å². The lowest BCUT2D eigenvalue weighted by atomic mass is 10.3. The van der Waals surface area contributed by atoms with E-state index in [2.05, 4.69) is 4.72 Å². The second-order valence-corrected chi connectivity index (χ2v) is 5.97. The first-order valence-corrected chi connectivity index (χ1v) is 7.11. The lowest BCUT2D eigenvalue weighted by Crippen LogP contribution is -2.19. The normalized spacial score (nSPS) is 11.5. The molecule has 8 heteroatoms. The van der Waals surface area contributed by atoms with Crippen molar-refractivity contribution in [3.05, 3.63) is 28.0 Å². The van der Waals surface area contributed by atoms with Gasteiger partial charge in [-0.3, -0.25) is 4.72 Å². The van der Waals surface area contributed by atoms with E-state index in [0.717, 1.165) is 12.1 Å². The van der Waals surface area contributed by atoms with Crippen LogP contribution in [0.1, 0.15) is 6.42 Å². The molecule has 0 aliphatic heterocycles. The quantitative estimate of drug-likeness (QED) is 0.819. The van der Waals surface area contributed by atoms with Crippen molar-refractivity contribution in [1.29, 1.82) is 0 Å². The Bertz CT molecular complexity index is 485. The van der Waals surface area contributed by atoms with Crippen molar-refractivity contribution in [1.82, 2.24) is 0 Å². The van der Waals surface area contributed by atoms with E-state index >= 15 is 0 Å². The third-order valence-corrected chi connectivity index (χ3v) is 3.80. The van der Waals surface area contributed by atoms with E-state index < -0.39 is 15.8 Å². The maximum atomic E-state index is 13.1. The van der Waals surface area contributed by atoms with Crippen molar-refractivity contribution in [3.8, 4) is 0 Å². The van der Waals surface area contributed by atoms with Crippen molar-refractivity contribution in [2.45, 2.75) is 6.42 Å². The summed E-state index contributed by atoms with van der Waals surface area (Å²) in [6.45, 7) is 0.270. The molecule has 0 fully saturated rings. The van der Waals surface area contributed by atoms with Gasteiger partial charge in [0.1, 0.15) is 0 Å². The first-order valence-electron chi connectivity index (χ1n) is 4.71. The summed E-state index contributed by atoms with van der Waals surface area (Å²) in [7, 11) is -3.51. The molecule has 4 nitrogen and oxygen atoms in total. The fraction of sp³-hybridized carbons (Fsp3) is 0.333. The Morgan fingerprint density at radius 3 is 2.29 bits per heavy atom. The van der Waals surface area contributed by atoms with Gasteiger partial charge in [0.05, 0.1) is 21.5 Å². The van der Waals surface area contributed by atoms with Crippen molar-refractivity contribution >= 4 is 38.9 Å². The molecule has 0 amide bonds. The van der Waals surface area contributed by atoms with Gasteiger partial charge in [-0.15, -0.1) is 0 Å². The predicted octanol–water partition coefficient (Wildman–Crippen LogP) is 2.22.